The minimum absolute atomic E-state index is 0.314. The van der Waals surface area contributed by atoms with Crippen molar-refractivity contribution in [2.75, 3.05) is 5.32 Å². The van der Waals surface area contributed by atoms with Gasteiger partial charge in [0.25, 0.3) is 0 Å². The highest BCUT2D eigenvalue weighted by molar-refractivity contribution is 9.10. The molecule has 1 aromatic rings. The Hall–Kier alpha value is -0.280. The van der Waals surface area contributed by atoms with Gasteiger partial charge in [-0.15, -0.1) is 0 Å². The first-order valence-electron chi connectivity index (χ1n) is 4.45. The summed E-state index contributed by atoms with van der Waals surface area (Å²) in [7, 11) is 0. The van der Waals surface area contributed by atoms with Gasteiger partial charge < -0.3 is 5.32 Å². The van der Waals surface area contributed by atoms with Gasteiger partial charge in [0.05, 0.1) is 10.7 Å². The van der Waals surface area contributed by atoms with Gasteiger partial charge in [-0.2, -0.15) is 0 Å². The van der Waals surface area contributed by atoms with Gasteiger partial charge in [0.2, 0.25) is 0 Å². The Labute approximate surface area is 96.8 Å². The Morgan fingerprint density at radius 3 is 2.71 bits per heavy atom. The van der Waals surface area contributed by atoms with Crippen LogP contribution in [0.1, 0.15) is 20.3 Å². The molecule has 78 valence electrons. The summed E-state index contributed by atoms with van der Waals surface area (Å²) in [4.78, 5) is 0. The molecule has 0 heterocycles. The van der Waals surface area contributed by atoms with Crippen molar-refractivity contribution in [2.45, 2.75) is 26.3 Å². The lowest BCUT2D eigenvalue weighted by Gasteiger charge is -2.15. The lowest BCUT2D eigenvalue weighted by molar-refractivity contribution is 0.627. The largest absolute Gasteiger partial charge is 0.380 e. The Kier molecular flexibility index (Phi) is 4.20. The molecule has 0 aliphatic rings. The normalized spacial score (nSPS) is 12.6. The molecule has 0 aromatic heterocycles. The van der Waals surface area contributed by atoms with Crippen LogP contribution < -0.4 is 5.32 Å². The van der Waals surface area contributed by atoms with Gasteiger partial charge in [-0.25, -0.2) is 4.39 Å². The number of nitrogens with one attached hydrogen (secondary N) is 1. The molecule has 1 unspecified atom stereocenters. The number of hydrogen-bond donors (Lipinski definition) is 1. The van der Waals surface area contributed by atoms with Crippen molar-refractivity contribution in [1.82, 2.24) is 0 Å². The highest BCUT2D eigenvalue weighted by Crippen LogP contribution is 2.32. The van der Waals surface area contributed by atoms with E-state index in [9.17, 15) is 4.39 Å². The number of hydrogen-bond acceptors (Lipinski definition) is 1. The first-order chi connectivity index (χ1) is 6.54. The highest BCUT2D eigenvalue weighted by atomic mass is 79.9. The fourth-order valence-corrected chi connectivity index (χ4v) is 1.95. The van der Waals surface area contributed by atoms with E-state index < -0.39 is 0 Å². The molecule has 1 N–H and O–H groups in total. The Bertz CT molecular complexity index is 307. The van der Waals surface area contributed by atoms with Crippen molar-refractivity contribution in [2.24, 2.45) is 0 Å². The van der Waals surface area contributed by atoms with Gasteiger partial charge in [0.1, 0.15) is 5.82 Å². The molecule has 1 rings (SSSR count). The van der Waals surface area contributed by atoms with Gasteiger partial charge in [-0.3, -0.25) is 0 Å². The number of rotatable bonds is 3. The molecule has 0 aliphatic heterocycles. The molecule has 0 amide bonds. The Balaban J connectivity index is 2.96. The fraction of sp³-hybridized carbons (Fsp3) is 0.400. The molecule has 1 nitrogen and oxygen atoms in total. The maximum atomic E-state index is 12.9. The van der Waals surface area contributed by atoms with E-state index in [4.69, 9.17) is 11.6 Å². The van der Waals surface area contributed by atoms with E-state index >= 15 is 0 Å². The lowest BCUT2D eigenvalue weighted by Crippen LogP contribution is -2.14. The van der Waals surface area contributed by atoms with Crippen molar-refractivity contribution < 1.29 is 4.39 Å². The number of anilines is 1. The van der Waals surface area contributed by atoms with Crippen molar-refractivity contribution in [1.29, 1.82) is 0 Å². The summed E-state index contributed by atoms with van der Waals surface area (Å²) in [5, 5.41) is 3.61. The first-order valence-corrected chi connectivity index (χ1v) is 5.62. The molecular formula is C10H12BrClFN. The van der Waals surface area contributed by atoms with E-state index in [0.29, 0.717) is 15.5 Å². The summed E-state index contributed by atoms with van der Waals surface area (Å²) in [5.74, 6) is -0.337. The molecule has 14 heavy (non-hydrogen) atoms. The molecule has 0 aliphatic carbocycles. The van der Waals surface area contributed by atoms with E-state index in [-0.39, 0.29) is 5.82 Å². The number of benzene rings is 1. The molecular weight excluding hydrogens is 268 g/mol. The average molecular weight is 281 g/mol. The summed E-state index contributed by atoms with van der Waals surface area (Å²) < 4.78 is 13.5. The maximum absolute atomic E-state index is 12.9. The van der Waals surface area contributed by atoms with E-state index in [0.717, 1.165) is 12.1 Å². The van der Waals surface area contributed by atoms with Crippen molar-refractivity contribution in [3.05, 3.63) is 27.4 Å². The van der Waals surface area contributed by atoms with Crippen LogP contribution in [0.4, 0.5) is 10.1 Å². The van der Waals surface area contributed by atoms with Crippen molar-refractivity contribution >= 4 is 33.2 Å². The summed E-state index contributed by atoms with van der Waals surface area (Å²) in [5.41, 5.74) is 0.752. The fourth-order valence-electron chi connectivity index (χ4n) is 1.03. The summed E-state index contributed by atoms with van der Waals surface area (Å²) in [6.07, 6.45) is 0.986. The zero-order chi connectivity index (χ0) is 10.7. The van der Waals surface area contributed by atoms with Crippen LogP contribution in [0.3, 0.4) is 0 Å². The SMILES string of the molecule is CCC(C)Nc1c(Cl)cc(F)cc1Br. The molecule has 0 saturated heterocycles. The second-order valence-corrected chi connectivity index (χ2v) is 4.46. The van der Waals surface area contributed by atoms with E-state index in [1.54, 1.807) is 0 Å². The lowest BCUT2D eigenvalue weighted by atomic mass is 10.2. The molecule has 0 saturated carbocycles. The van der Waals surface area contributed by atoms with Gasteiger partial charge >= 0.3 is 0 Å². The van der Waals surface area contributed by atoms with E-state index in [2.05, 4.69) is 28.2 Å². The van der Waals surface area contributed by atoms with Crippen LogP contribution in [0.25, 0.3) is 0 Å². The van der Waals surface area contributed by atoms with Crippen LogP contribution in [0.15, 0.2) is 16.6 Å². The quantitative estimate of drug-likeness (QED) is 0.862. The Morgan fingerprint density at radius 2 is 2.21 bits per heavy atom. The maximum Gasteiger partial charge on any atom is 0.125 e. The van der Waals surface area contributed by atoms with Crippen LogP contribution in [-0.2, 0) is 0 Å². The van der Waals surface area contributed by atoms with Gasteiger partial charge in [-0.1, -0.05) is 18.5 Å². The highest BCUT2D eigenvalue weighted by Gasteiger charge is 2.09. The third-order valence-corrected chi connectivity index (χ3v) is 2.93. The molecule has 0 fully saturated rings. The number of halogens is 3. The van der Waals surface area contributed by atoms with Crippen molar-refractivity contribution in [3.63, 3.8) is 0 Å². The van der Waals surface area contributed by atoms with Crippen LogP contribution in [0, 0.1) is 5.82 Å². The second-order valence-electron chi connectivity index (χ2n) is 3.20. The second kappa shape index (κ2) is 4.99. The summed E-state index contributed by atoms with van der Waals surface area (Å²) >= 11 is 9.17. The van der Waals surface area contributed by atoms with Crippen LogP contribution in [-0.4, -0.2) is 6.04 Å². The topological polar surface area (TPSA) is 12.0 Å². The van der Waals surface area contributed by atoms with Gasteiger partial charge in [0.15, 0.2) is 0 Å². The van der Waals surface area contributed by atoms with E-state index in [1.807, 2.05) is 6.92 Å². The van der Waals surface area contributed by atoms with Crippen LogP contribution in [0.2, 0.25) is 5.02 Å². The average Bonchev–Trinajstić information content (AvgIpc) is 2.10. The summed E-state index contributed by atoms with van der Waals surface area (Å²) in [6, 6.07) is 3.02. The van der Waals surface area contributed by atoms with Crippen LogP contribution in [0.5, 0.6) is 0 Å². The predicted molar refractivity (Wildman–Crippen MR) is 62.5 cm³/mol. The van der Waals surface area contributed by atoms with Gasteiger partial charge in [-0.05, 0) is 41.4 Å². The first kappa shape index (κ1) is 11.8. The minimum atomic E-state index is -0.337. The molecule has 4 heteroatoms. The van der Waals surface area contributed by atoms with Gasteiger partial charge in [0, 0.05) is 10.5 Å². The standard InChI is InChI=1S/C10H12BrClFN/c1-3-6(2)14-10-8(11)4-7(13)5-9(10)12/h4-6,14H,3H2,1-2H3. The predicted octanol–water partition coefficient (Wildman–Crippen LogP) is 4.45. The smallest absolute Gasteiger partial charge is 0.125 e. The molecule has 1 atom stereocenters. The van der Waals surface area contributed by atoms with Crippen LogP contribution >= 0.6 is 27.5 Å². The van der Waals surface area contributed by atoms with Crippen molar-refractivity contribution in [3.8, 4) is 0 Å². The Morgan fingerprint density at radius 1 is 1.57 bits per heavy atom. The molecule has 0 spiro atoms. The van der Waals surface area contributed by atoms with E-state index in [1.165, 1.54) is 12.1 Å². The molecule has 0 bridgehead atoms. The zero-order valence-corrected chi connectivity index (χ0v) is 10.4. The molecule has 0 radical (unpaired) electrons. The summed E-state index contributed by atoms with van der Waals surface area (Å²) in [6.45, 7) is 4.12. The third kappa shape index (κ3) is 2.85. The minimum Gasteiger partial charge on any atom is -0.380 e. The monoisotopic (exact) mass is 279 g/mol. The third-order valence-electron chi connectivity index (χ3n) is 2.01. The molecule has 1 aromatic carbocycles. The zero-order valence-electron chi connectivity index (χ0n) is 8.07.